The van der Waals surface area contributed by atoms with Gasteiger partial charge in [-0.2, -0.15) is 0 Å². The first-order valence-electron chi connectivity index (χ1n) is 5.09. The Kier molecular flexibility index (Phi) is 5.08. The molecule has 0 saturated heterocycles. The van der Waals surface area contributed by atoms with Gasteiger partial charge in [-0.15, -0.1) is 0 Å². The molecule has 0 radical (unpaired) electrons. The lowest BCUT2D eigenvalue weighted by atomic mass is 10.3. The molecule has 5 heteroatoms. The largest absolute Gasteiger partial charge is 0.492 e. The fourth-order valence-corrected chi connectivity index (χ4v) is 1.44. The van der Waals surface area contributed by atoms with Gasteiger partial charge in [-0.25, -0.2) is 0 Å². The summed E-state index contributed by atoms with van der Waals surface area (Å²) in [4.78, 5) is 11.3. The highest BCUT2D eigenvalue weighted by Crippen LogP contribution is 2.27. The van der Waals surface area contributed by atoms with Crippen molar-refractivity contribution in [3.63, 3.8) is 0 Å². The van der Waals surface area contributed by atoms with Crippen molar-refractivity contribution in [1.29, 1.82) is 0 Å². The predicted octanol–water partition coefficient (Wildman–Crippen LogP) is 2.03. The van der Waals surface area contributed by atoms with Gasteiger partial charge in [0.15, 0.2) is 0 Å². The number of halogens is 1. The third kappa shape index (κ3) is 3.72. The summed E-state index contributed by atoms with van der Waals surface area (Å²) in [6, 6.07) is 5.12. The van der Waals surface area contributed by atoms with Crippen molar-refractivity contribution in [2.75, 3.05) is 18.5 Å². The SMILES string of the molecule is CCOc1ccc(NC(=O)CCN)cc1Cl. The standard InChI is InChI=1S/C11H15ClN2O2/c1-2-16-10-4-3-8(7-9(10)12)14-11(15)5-6-13/h3-4,7H,2,5-6,13H2,1H3,(H,14,15). The summed E-state index contributed by atoms with van der Waals surface area (Å²) in [5.41, 5.74) is 5.92. The van der Waals surface area contributed by atoms with Gasteiger partial charge in [0.1, 0.15) is 5.75 Å². The minimum absolute atomic E-state index is 0.122. The molecular formula is C11H15ClN2O2. The molecule has 1 amide bonds. The quantitative estimate of drug-likeness (QED) is 0.830. The van der Waals surface area contributed by atoms with Gasteiger partial charge >= 0.3 is 0 Å². The van der Waals surface area contributed by atoms with E-state index in [0.717, 1.165) is 0 Å². The van der Waals surface area contributed by atoms with Crippen LogP contribution >= 0.6 is 11.6 Å². The summed E-state index contributed by atoms with van der Waals surface area (Å²) in [6.07, 6.45) is 0.296. The van der Waals surface area contributed by atoms with Crippen LogP contribution in [0, 0.1) is 0 Å². The second-order valence-corrected chi connectivity index (χ2v) is 3.57. The van der Waals surface area contributed by atoms with Crippen molar-refractivity contribution >= 4 is 23.2 Å². The van der Waals surface area contributed by atoms with Gasteiger partial charge in [-0.05, 0) is 25.1 Å². The lowest BCUT2D eigenvalue weighted by Gasteiger charge is -2.08. The molecule has 16 heavy (non-hydrogen) atoms. The third-order valence-corrected chi connectivity index (χ3v) is 2.18. The zero-order valence-corrected chi connectivity index (χ0v) is 9.88. The minimum atomic E-state index is -0.122. The van der Waals surface area contributed by atoms with Crippen molar-refractivity contribution < 1.29 is 9.53 Å². The van der Waals surface area contributed by atoms with Crippen LogP contribution in [0.25, 0.3) is 0 Å². The van der Waals surface area contributed by atoms with Gasteiger partial charge in [0.25, 0.3) is 0 Å². The summed E-state index contributed by atoms with van der Waals surface area (Å²) < 4.78 is 5.28. The molecule has 0 aliphatic heterocycles. The number of hydrogen-bond donors (Lipinski definition) is 2. The third-order valence-electron chi connectivity index (χ3n) is 1.89. The normalized spacial score (nSPS) is 9.94. The fourth-order valence-electron chi connectivity index (χ4n) is 1.21. The van der Waals surface area contributed by atoms with Crippen molar-refractivity contribution in [2.45, 2.75) is 13.3 Å². The van der Waals surface area contributed by atoms with Crippen LogP contribution in [0.4, 0.5) is 5.69 Å². The number of hydrogen-bond acceptors (Lipinski definition) is 3. The van der Waals surface area contributed by atoms with E-state index in [0.29, 0.717) is 36.0 Å². The minimum Gasteiger partial charge on any atom is -0.492 e. The predicted molar refractivity (Wildman–Crippen MR) is 64.9 cm³/mol. The second-order valence-electron chi connectivity index (χ2n) is 3.17. The van der Waals surface area contributed by atoms with Crippen LogP contribution in [0.3, 0.4) is 0 Å². The number of benzene rings is 1. The maximum atomic E-state index is 11.3. The van der Waals surface area contributed by atoms with E-state index in [2.05, 4.69) is 5.32 Å². The second kappa shape index (κ2) is 6.35. The van der Waals surface area contributed by atoms with Crippen LogP contribution in [0.1, 0.15) is 13.3 Å². The van der Waals surface area contributed by atoms with Gasteiger partial charge < -0.3 is 15.8 Å². The highest BCUT2D eigenvalue weighted by atomic mass is 35.5. The smallest absolute Gasteiger partial charge is 0.225 e. The van der Waals surface area contributed by atoms with E-state index in [9.17, 15) is 4.79 Å². The molecule has 3 N–H and O–H groups in total. The lowest BCUT2D eigenvalue weighted by molar-refractivity contribution is -0.116. The summed E-state index contributed by atoms with van der Waals surface area (Å²) in [7, 11) is 0. The Balaban J connectivity index is 2.69. The van der Waals surface area contributed by atoms with E-state index in [4.69, 9.17) is 22.1 Å². The van der Waals surface area contributed by atoms with E-state index >= 15 is 0 Å². The van der Waals surface area contributed by atoms with Gasteiger partial charge in [0, 0.05) is 18.7 Å². The number of rotatable bonds is 5. The zero-order chi connectivity index (χ0) is 12.0. The molecule has 4 nitrogen and oxygen atoms in total. The van der Waals surface area contributed by atoms with Gasteiger partial charge in [0.05, 0.1) is 11.6 Å². The molecule has 1 rings (SSSR count). The van der Waals surface area contributed by atoms with Gasteiger partial charge in [0.2, 0.25) is 5.91 Å². The van der Waals surface area contributed by atoms with Crippen molar-refractivity contribution in [2.24, 2.45) is 5.73 Å². The highest BCUT2D eigenvalue weighted by molar-refractivity contribution is 6.32. The maximum Gasteiger partial charge on any atom is 0.225 e. The van der Waals surface area contributed by atoms with Crippen LogP contribution < -0.4 is 15.8 Å². The van der Waals surface area contributed by atoms with Crippen molar-refractivity contribution in [3.8, 4) is 5.75 Å². The summed E-state index contributed by atoms with van der Waals surface area (Å²) in [5, 5.41) is 3.17. The first kappa shape index (κ1) is 12.8. The molecule has 0 heterocycles. The van der Waals surface area contributed by atoms with Gasteiger partial charge in [-0.1, -0.05) is 11.6 Å². The Bertz CT molecular complexity index is 369. The number of ether oxygens (including phenoxy) is 1. The summed E-state index contributed by atoms with van der Waals surface area (Å²) >= 11 is 5.97. The fraction of sp³-hybridized carbons (Fsp3) is 0.364. The number of nitrogens with one attached hydrogen (secondary N) is 1. The number of amides is 1. The maximum absolute atomic E-state index is 11.3. The van der Waals surface area contributed by atoms with Crippen molar-refractivity contribution in [1.82, 2.24) is 0 Å². The molecule has 0 atom stereocenters. The van der Waals surface area contributed by atoms with E-state index < -0.39 is 0 Å². The first-order valence-corrected chi connectivity index (χ1v) is 5.47. The average molecular weight is 243 g/mol. The molecule has 1 aromatic rings. The number of carbonyl (C=O) groups excluding carboxylic acids is 1. The molecule has 0 aliphatic rings. The van der Waals surface area contributed by atoms with E-state index in [1.165, 1.54) is 0 Å². The highest BCUT2D eigenvalue weighted by Gasteiger charge is 2.05. The first-order chi connectivity index (χ1) is 7.67. The lowest BCUT2D eigenvalue weighted by Crippen LogP contribution is -2.16. The van der Waals surface area contributed by atoms with Crippen LogP contribution in [-0.4, -0.2) is 19.1 Å². The Labute approximate surface area is 99.7 Å². The number of carbonyl (C=O) groups is 1. The molecular weight excluding hydrogens is 228 g/mol. The molecule has 0 fully saturated rings. The van der Waals surface area contributed by atoms with E-state index in [1.54, 1.807) is 18.2 Å². The molecule has 0 aromatic heterocycles. The molecule has 0 spiro atoms. The Morgan fingerprint density at radius 3 is 2.88 bits per heavy atom. The summed E-state index contributed by atoms with van der Waals surface area (Å²) in [5.74, 6) is 0.490. The Hall–Kier alpha value is -1.26. The van der Waals surface area contributed by atoms with Crippen LogP contribution in [0.5, 0.6) is 5.75 Å². The Morgan fingerprint density at radius 1 is 1.56 bits per heavy atom. The van der Waals surface area contributed by atoms with E-state index in [1.807, 2.05) is 6.92 Å². The topological polar surface area (TPSA) is 64.3 Å². The molecule has 1 aromatic carbocycles. The molecule has 0 bridgehead atoms. The molecule has 0 aliphatic carbocycles. The van der Waals surface area contributed by atoms with Crippen molar-refractivity contribution in [3.05, 3.63) is 23.2 Å². The van der Waals surface area contributed by atoms with Gasteiger partial charge in [-0.3, -0.25) is 4.79 Å². The van der Waals surface area contributed by atoms with Crippen LogP contribution in [0.15, 0.2) is 18.2 Å². The van der Waals surface area contributed by atoms with Crippen LogP contribution in [0.2, 0.25) is 5.02 Å². The summed E-state index contributed by atoms with van der Waals surface area (Å²) in [6.45, 7) is 2.77. The average Bonchev–Trinajstić information content (AvgIpc) is 2.22. The van der Waals surface area contributed by atoms with Crippen LogP contribution in [-0.2, 0) is 4.79 Å². The Morgan fingerprint density at radius 2 is 2.31 bits per heavy atom. The molecule has 0 unspecified atom stereocenters. The van der Waals surface area contributed by atoms with E-state index in [-0.39, 0.29) is 5.91 Å². The number of anilines is 1. The molecule has 88 valence electrons. The monoisotopic (exact) mass is 242 g/mol. The zero-order valence-electron chi connectivity index (χ0n) is 9.13. The molecule has 0 saturated carbocycles. The number of nitrogens with two attached hydrogens (primary N) is 1.